The van der Waals surface area contributed by atoms with Gasteiger partial charge in [-0.2, -0.15) is 0 Å². The number of ether oxygens (including phenoxy) is 1. The second-order valence-electron chi connectivity index (χ2n) is 6.51. The monoisotopic (exact) mass is 360 g/mol. The lowest BCUT2D eigenvalue weighted by Gasteiger charge is -2.23. The number of carbonyl (C=O) groups excluding carboxylic acids is 1. The average molecular weight is 361 g/mol. The van der Waals surface area contributed by atoms with Gasteiger partial charge in [-0.1, -0.05) is 43.2 Å². The van der Waals surface area contributed by atoms with Gasteiger partial charge in [-0.3, -0.25) is 4.79 Å². The molecule has 0 bridgehead atoms. The molecule has 4 nitrogen and oxygen atoms in total. The van der Waals surface area contributed by atoms with Gasteiger partial charge in [0.1, 0.15) is 12.4 Å². The molecule has 25 heavy (non-hydrogen) atoms. The largest absolute Gasteiger partial charge is 0.489 e. The van der Waals surface area contributed by atoms with Crippen LogP contribution in [0.1, 0.15) is 36.8 Å². The first-order valence-electron chi connectivity index (χ1n) is 8.45. The van der Waals surface area contributed by atoms with Crippen LogP contribution in [0.5, 0.6) is 5.75 Å². The number of halogens is 1. The molecule has 1 saturated carbocycles. The number of rotatable bonds is 5. The average Bonchev–Trinajstić information content (AvgIpc) is 3.04. The fourth-order valence-corrected chi connectivity index (χ4v) is 3.13. The molecule has 2 aromatic carbocycles. The first kappa shape index (κ1) is 19.3. The number of benzene rings is 2. The van der Waals surface area contributed by atoms with Crippen LogP contribution in [0.25, 0.3) is 0 Å². The van der Waals surface area contributed by atoms with Crippen molar-refractivity contribution in [2.45, 2.75) is 44.8 Å². The van der Waals surface area contributed by atoms with Crippen LogP contribution in [-0.4, -0.2) is 11.4 Å². The topological polar surface area (TPSA) is 64.3 Å². The van der Waals surface area contributed by atoms with Gasteiger partial charge < -0.3 is 15.8 Å². The maximum Gasteiger partial charge on any atom is 0.244 e. The van der Waals surface area contributed by atoms with E-state index >= 15 is 0 Å². The maximum atomic E-state index is 12.5. The summed E-state index contributed by atoms with van der Waals surface area (Å²) in [4.78, 5) is 12.5. The van der Waals surface area contributed by atoms with Gasteiger partial charge in [0.05, 0.1) is 5.54 Å². The summed E-state index contributed by atoms with van der Waals surface area (Å²) in [6.45, 7) is 2.46. The zero-order valence-electron chi connectivity index (χ0n) is 14.5. The molecule has 1 fully saturated rings. The standard InChI is InChI=1S/C20H24N2O2.ClH/c1-15-16(14-24-17-9-3-2-4-10-17)8-7-11-18(15)22-19(23)20(21)12-5-6-13-20;/h2-4,7-11H,5-6,12-14,21H2,1H3,(H,22,23);1H. The van der Waals surface area contributed by atoms with E-state index in [0.29, 0.717) is 6.61 Å². The van der Waals surface area contributed by atoms with Crippen molar-refractivity contribution in [3.63, 3.8) is 0 Å². The van der Waals surface area contributed by atoms with E-state index in [2.05, 4.69) is 5.32 Å². The minimum absolute atomic E-state index is 0. The summed E-state index contributed by atoms with van der Waals surface area (Å²) in [5.74, 6) is 0.752. The molecule has 0 atom stereocenters. The molecule has 134 valence electrons. The quantitative estimate of drug-likeness (QED) is 0.839. The normalized spacial score (nSPS) is 15.3. The van der Waals surface area contributed by atoms with E-state index in [9.17, 15) is 4.79 Å². The third-order valence-corrected chi connectivity index (χ3v) is 4.78. The minimum Gasteiger partial charge on any atom is -0.489 e. The van der Waals surface area contributed by atoms with Crippen LogP contribution in [-0.2, 0) is 11.4 Å². The van der Waals surface area contributed by atoms with Crippen molar-refractivity contribution < 1.29 is 9.53 Å². The highest BCUT2D eigenvalue weighted by Gasteiger charge is 2.37. The lowest BCUT2D eigenvalue weighted by molar-refractivity contribution is -0.121. The summed E-state index contributed by atoms with van der Waals surface area (Å²) in [7, 11) is 0. The Balaban J connectivity index is 0.00000225. The van der Waals surface area contributed by atoms with E-state index in [4.69, 9.17) is 10.5 Å². The Hall–Kier alpha value is -2.04. The first-order valence-corrected chi connectivity index (χ1v) is 8.45. The number of anilines is 1. The molecule has 5 heteroatoms. The van der Waals surface area contributed by atoms with E-state index in [1.807, 2.05) is 55.5 Å². The predicted octanol–water partition coefficient (Wildman–Crippen LogP) is 4.21. The van der Waals surface area contributed by atoms with E-state index in [0.717, 1.165) is 48.2 Å². The highest BCUT2D eigenvalue weighted by molar-refractivity contribution is 5.98. The molecule has 3 N–H and O–H groups in total. The number of para-hydroxylation sites is 1. The van der Waals surface area contributed by atoms with E-state index < -0.39 is 5.54 Å². The second kappa shape index (κ2) is 8.37. The molecule has 0 radical (unpaired) electrons. The smallest absolute Gasteiger partial charge is 0.244 e. The second-order valence-corrected chi connectivity index (χ2v) is 6.51. The van der Waals surface area contributed by atoms with Gasteiger partial charge in [0, 0.05) is 5.69 Å². The Kier molecular flexibility index (Phi) is 6.45. The highest BCUT2D eigenvalue weighted by Crippen LogP contribution is 2.29. The SMILES string of the molecule is Cc1c(COc2ccccc2)cccc1NC(=O)C1(N)CCCC1.Cl. The number of hydrogen-bond acceptors (Lipinski definition) is 3. The van der Waals surface area contributed by atoms with Gasteiger partial charge >= 0.3 is 0 Å². The zero-order valence-corrected chi connectivity index (χ0v) is 15.3. The Labute approximate surface area is 155 Å². The van der Waals surface area contributed by atoms with E-state index in [1.165, 1.54) is 0 Å². The molecular formula is C20H25ClN2O2. The number of carbonyl (C=O) groups is 1. The molecule has 0 aromatic heterocycles. The summed E-state index contributed by atoms with van der Waals surface area (Å²) < 4.78 is 5.82. The predicted molar refractivity (Wildman–Crippen MR) is 103 cm³/mol. The van der Waals surface area contributed by atoms with Gasteiger partial charge in [0.25, 0.3) is 0 Å². The van der Waals surface area contributed by atoms with Crippen LogP contribution in [0, 0.1) is 6.92 Å². The lowest BCUT2D eigenvalue weighted by atomic mass is 9.97. The van der Waals surface area contributed by atoms with Crippen molar-refractivity contribution in [3.8, 4) is 5.75 Å². The van der Waals surface area contributed by atoms with Crippen molar-refractivity contribution in [2.24, 2.45) is 5.73 Å². The zero-order chi connectivity index (χ0) is 17.0. The number of nitrogens with two attached hydrogens (primary N) is 1. The first-order chi connectivity index (χ1) is 11.6. The molecule has 0 spiro atoms. The van der Waals surface area contributed by atoms with Gasteiger partial charge in [0.15, 0.2) is 0 Å². The van der Waals surface area contributed by atoms with Crippen LogP contribution in [0.2, 0.25) is 0 Å². The summed E-state index contributed by atoms with van der Waals surface area (Å²) in [6, 6.07) is 15.6. The molecule has 2 aromatic rings. The van der Waals surface area contributed by atoms with Crippen molar-refractivity contribution in [1.82, 2.24) is 0 Å². The van der Waals surface area contributed by atoms with Crippen LogP contribution in [0.15, 0.2) is 48.5 Å². The number of hydrogen-bond donors (Lipinski definition) is 2. The molecule has 0 aliphatic heterocycles. The van der Waals surface area contributed by atoms with Crippen LogP contribution >= 0.6 is 12.4 Å². The Morgan fingerprint density at radius 1 is 1.12 bits per heavy atom. The molecule has 1 aliphatic carbocycles. The van der Waals surface area contributed by atoms with Gasteiger partial charge in [-0.15, -0.1) is 12.4 Å². The highest BCUT2D eigenvalue weighted by atomic mass is 35.5. The third-order valence-electron chi connectivity index (χ3n) is 4.78. The fourth-order valence-electron chi connectivity index (χ4n) is 3.13. The van der Waals surface area contributed by atoms with Crippen LogP contribution in [0.4, 0.5) is 5.69 Å². The van der Waals surface area contributed by atoms with Crippen molar-refractivity contribution in [1.29, 1.82) is 0 Å². The van der Waals surface area contributed by atoms with E-state index in [1.54, 1.807) is 0 Å². The van der Waals surface area contributed by atoms with Crippen molar-refractivity contribution in [2.75, 3.05) is 5.32 Å². The van der Waals surface area contributed by atoms with Crippen molar-refractivity contribution >= 4 is 24.0 Å². The summed E-state index contributed by atoms with van der Waals surface area (Å²) >= 11 is 0. The maximum absolute atomic E-state index is 12.5. The van der Waals surface area contributed by atoms with Gasteiger partial charge in [-0.05, 0) is 49.1 Å². The Morgan fingerprint density at radius 3 is 2.48 bits per heavy atom. The summed E-state index contributed by atoms with van der Waals surface area (Å²) in [5, 5.41) is 3.01. The fraction of sp³-hybridized carbons (Fsp3) is 0.350. The van der Waals surface area contributed by atoms with E-state index in [-0.39, 0.29) is 18.3 Å². The molecule has 0 heterocycles. The molecule has 1 aliphatic rings. The molecule has 0 unspecified atom stereocenters. The molecular weight excluding hydrogens is 336 g/mol. The Bertz CT molecular complexity index is 713. The van der Waals surface area contributed by atoms with Gasteiger partial charge in [-0.25, -0.2) is 0 Å². The number of amides is 1. The minimum atomic E-state index is -0.719. The van der Waals surface area contributed by atoms with Crippen LogP contribution in [0.3, 0.4) is 0 Å². The molecule has 0 saturated heterocycles. The molecule has 1 amide bonds. The van der Waals surface area contributed by atoms with Crippen LogP contribution < -0.4 is 15.8 Å². The molecule has 3 rings (SSSR count). The lowest BCUT2D eigenvalue weighted by Crippen LogP contribution is -2.48. The number of nitrogens with one attached hydrogen (secondary N) is 1. The summed E-state index contributed by atoms with van der Waals surface area (Å²) in [6.07, 6.45) is 3.56. The Morgan fingerprint density at radius 2 is 1.80 bits per heavy atom. The van der Waals surface area contributed by atoms with Gasteiger partial charge in [0.2, 0.25) is 5.91 Å². The third kappa shape index (κ3) is 4.53. The summed E-state index contributed by atoms with van der Waals surface area (Å²) in [5.41, 5.74) is 8.40. The van der Waals surface area contributed by atoms with Crippen molar-refractivity contribution in [3.05, 3.63) is 59.7 Å².